The van der Waals surface area contributed by atoms with Crippen LogP contribution >= 0.6 is 0 Å². The molecule has 0 aliphatic heterocycles. The maximum atomic E-state index is 12.2. The summed E-state index contributed by atoms with van der Waals surface area (Å²) >= 11 is 0. The first-order valence-electron chi connectivity index (χ1n) is 19.2. The molecule has 0 spiro atoms. The lowest BCUT2D eigenvalue weighted by atomic mass is 10.0. The van der Waals surface area contributed by atoms with Crippen LogP contribution in [0.4, 0.5) is 0 Å². The summed E-state index contributed by atoms with van der Waals surface area (Å²) in [6, 6.07) is -1.15. The van der Waals surface area contributed by atoms with Crippen molar-refractivity contribution in [2.45, 2.75) is 109 Å². The van der Waals surface area contributed by atoms with Gasteiger partial charge in [0, 0.05) is 51.9 Å². The molecule has 5 amide bonds. The van der Waals surface area contributed by atoms with Gasteiger partial charge in [0.15, 0.2) is 0 Å². The molecule has 0 aromatic rings. The van der Waals surface area contributed by atoms with E-state index in [1.165, 1.54) is 0 Å². The van der Waals surface area contributed by atoms with Crippen LogP contribution in [0.3, 0.4) is 0 Å². The summed E-state index contributed by atoms with van der Waals surface area (Å²) in [5.74, 6) is -3.36. The largest absolute Gasteiger partial charge is 0.481 e. The van der Waals surface area contributed by atoms with Crippen molar-refractivity contribution in [3.8, 4) is 0 Å². The van der Waals surface area contributed by atoms with E-state index < -0.39 is 18.0 Å². The number of ether oxygens (including phenoxy) is 4. The second-order valence-electron chi connectivity index (χ2n) is 12.5. The van der Waals surface area contributed by atoms with Gasteiger partial charge in [0.25, 0.3) is 0 Å². The molecule has 312 valence electrons. The molecule has 0 heterocycles. The van der Waals surface area contributed by atoms with Gasteiger partial charge in [-0.1, -0.05) is 58.3 Å². The van der Waals surface area contributed by atoms with Crippen molar-refractivity contribution in [2.75, 3.05) is 79.0 Å². The first-order chi connectivity index (χ1) is 26.0. The number of rotatable bonds is 38. The zero-order valence-electron chi connectivity index (χ0n) is 32.1. The van der Waals surface area contributed by atoms with E-state index >= 15 is 0 Å². The monoisotopic (exact) mass is 775 g/mol. The minimum atomic E-state index is -1.20. The van der Waals surface area contributed by atoms with Crippen LogP contribution in [0, 0.1) is 0 Å². The Kier molecular flexibility index (Phi) is 33.5. The normalized spacial score (nSPS) is 11.4. The molecule has 0 unspecified atom stereocenters. The maximum absolute atomic E-state index is 12.2. The molecule has 0 aliphatic rings. The summed E-state index contributed by atoms with van der Waals surface area (Å²) in [5, 5.41) is 31.1. The molecule has 1 atom stereocenters. The Balaban J connectivity index is 3.67. The van der Waals surface area contributed by atoms with Crippen LogP contribution in [0.15, 0.2) is 0 Å². The highest BCUT2D eigenvalue weighted by Crippen LogP contribution is 2.12. The van der Waals surface area contributed by atoms with Crippen molar-refractivity contribution in [3.05, 3.63) is 0 Å². The number of unbranched alkanes of at least 4 members (excludes halogenated alkanes) is 9. The summed E-state index contributed by atoms with van der Waals surface area (Å²) in [7, 11) is 0. The van der Waals surface area contributed by atoms with Crippen LogP contribution < -0.4 is 26.6 Å². The van der Waals surface area contributed by atoms with E-state index in [2.05, 4.69) is 26.6 Å². The second kappa shape index (κ2) is 36.1. The molecular weight excluding hydrogens is 710 g/mol. The molecule has 0 rings (SSSR count). The zero-order valence-corrected chi connectivity index (χ0v) is 32.1. The number of nitrogens with one attached hydrogen (secondary N) is 5. The van der Waals surface area contributed by atoms with Gasteiger partial charge >= 0.3 is 11.9 Å². The number of carbonyl (C=O) groups is 7. The van der Waals surface area contributed by atoms with Crippen molar-refractivity contribution in [1.82, 2.24) is 26.6 Å². The molecule has 0 aliphatic carbocycles. The van der Waals surface area contributed by atoms with Crippen molar-refractivity contribution >= 4 is 41.5 Å². The van der Waals surface area contributed by atoms with E-state index in [9.17, 15) is 38.7 Å². The fourth-order valence-corrected chi connectivity index (χ4v) is 4.79. The minimum absolute atomic E-state index is 0.0372. The summed E-state index contributed by atoms with van der Waals surface area (Å²) in [6.07, 6.45) is 10.4. The number of carbonyl (C=O) groups excluding carboxylic acids is 5. The van der Waals surface area contributed by atoms with Gasteiger partial charge < -0.3 is 55.7 Å². The van der Waals surface area contributed by atoms with E-state index in [0.29, 0.717) is 25.9 Å². The van der Waals surface area contributed by atoms with Gasteiger partial charge in [0.2, 0.25) is 29.5 Å². The number of hydrogen-bond acceptors (Lipinski definition) is 11. The van der Waals surface area contributed by atoms with Gasteiger partial charge in [-0.05, 0) is 19.3 Å². The fourth-order valence-electron chi connectivity index (χ4n) is 4.79. The lowest BCUT2D eigenvalue weighted by molar-refractivity contribution is -0.142. The first-order valence-corrected chi connectivity index (χ1v) is 19.2. The lowest BCUT2D eigenvalue weighted by Gasteiger charge is -2.14. The molecule has 0 aromatic carbocycles. The maximum Gasteiger partial charge on any atom is 0.326 e. The average Bonchev–Trinajstić information content (AvgIpc) is 3.13. The summed E-state index contributed by atoms with van der Waals surface area (Å²) in [4.78, 5) is 81.0. The van der Waals surface area contributed by atoms with E-state index in [1.54, 1.807) is 6.92 Å². The quantitative estimate of drug-likeness (QED) is 0.0434. The molecule has 0 aromatic heterocycles. The summed E-state index contributed by atoms with van der Waals surface area (Å²) in [6.45, 7) is 3.86. The predicted molar refractivity (Wildman–Crippen MR) is 197 cm³/mol. The standard InChI is InChI=1S/C36H65N5O13/c1-2-30(42)37-17-18-38-33(45)27-53-25-24-52-22-20-40-34(46)28-54-26-23-51-21-19-39-31(43)16-15-29(36(49)50)41-32(44)13-11-9-7-5-3-4-6-8-10-12-14-35(47)48/h29H,2-28H2,1H3,(H,37,42)(H,38,45)(H,39,43)(H,40,46)(H,41,44)(H,47,48)(H,49,50)/t29-/m0/s1. The van der Waals surface area contributed by atoms with E-state index in [0.717, 1.165) is 57.8 Å². The smallest absolute Gasteiger partial charge is 0.326 e. The van der Waals surface area contributed by atoms with Crippen LogP contribution in [0.25, 0.3) is 0 Å². The number of amides is 5. The minimum Gasteiger partial charge on any atom is -0.481 e. The molecule has 18 heteroatoms. The third-order valence-electron chi connectivity index (χ3n) is 7.78. The van der Waals surface area contributed by atoms with Crippen LogP contribution in [-0.2, 0) is 52.5 Å². The molecule has 0 saturated carbocycles. The van der Waals surface area contributed by atoms with Gasteiger partial charge in [0.05, 0.1) is 39.6 Å². The molecule has 54 heavy (non-hydrogen) atoms. The van der Waals surface area contributed by atoms with E-state index in [4.69, 9.17) is 24.1 Å². The first kappa shape index (κ1) is 50.1. The number of carboxylic acid groups (broad SMARTS) is 2. The third-order valence-corrected chi connectivity index (χ3v) is 7.78. The van der Waals surface area contributed by atoms with Crippen molar-refractivity contribution in [2.24, 2.45) is 0 Å². The molecule has 7 N–H and O–H groups in total. The van der Waals surface area contributed by atoms with Gasteiger partial charge in [-0.15, -0.1) is 0 Å². The summed E-state index contributed by atoms with van der Waals surface area (Å²) in [5.41, 5.74) is 0. The number of aliphatic carboxylic acids is 2. The Morgan fingerprint density at radius 2 is 0.889 bits per heavy atom. The molecule has 18 nitrogen and oxygen atoms in total. The number of carboxylic acids is 2. The topological polar surface area (TPSA) is 257 Å². The summed E-state index contributed by atoms with van der Waals surface area (Å²) < 4.78 is 21.2. The van der Waals surface area contributed by atoms with E-state index in [-0.39, 0.29) is 121 Å². The zero-order chi connectivity index (χ0) is 40.1. The highest BCUT2D eigenvalue weighted by atomic mass is 16.5. The lowest BCUT2D eigenvalue weighted by Crippen LogP contribution is -2.41. The van der Waals surface area contributed by atoms with Crippen LogP contribution in [0.5, 0.6) is 0 Å². The molecular formula is C36H65N5O13. The Hall–Kier alpha value is -3.87. The molecule has 0 saturated heterocycles. The van der Waals surface area contributed by atoms with Gasteiger partial charge in [0.1, 0.15) is 19.3 Å². The van der Waals surface area contributed by atoms with Crippen LogP contribution in [-0.4, -0.2) is 137 Å². The van der Waals surface area contributed by atoms with Crippen molar-refractivity contribution < 1.29 is 62.7 Å². The highest BCUT2D eigenvalue weighted by molar-refractivity contribution is 5.84. The fraction of sp³-hybridized carbons (Fsp3) is 0.806. The second-order valence-corrected chi connectivity index (χ2v) is 12.5. The average molecular weight is 776 g/mol. The Labute approximate surface area is 318 Å². The number of hydrogen-bond donors (Lipinski definition) is 7. The van der Waals surface area contributed by atoms with E-state index in [1.807, 2.05) is 0 Å². The van der Waals surface area contributed by atoms with Crippen LogP contribution in [0.2, 0.25) is 0 Å². The molecule has 0 bridgehead atoms. The van der Waals surface area contributed by atoms with Crippen molar-refractivity contribution in [3.63, 3.8) is 0 Å². The Morgan fingerprint density at radius 1 is 0.463 bits per heavy atom. The van der Waals surface area contributed by atoms with Gasteiger partial charge in [-0.2, -0.15) is 0 Å². The van der Waals surface area contributed by atoms with Gasteiger partial charge in [-0.3, -0.25) is 28.8 Å². The predicted octanol–water partition coefficient (Wildman–Crippen LogP) is 1.04. The highest BCUT2D eigenvalue weighted by Gasteiger charge is 2.20. The van der Waals surface area contributed by atoms with Crippen LogP contribution in [0.1, 0.15) is 103 Å². The Morgan fingerprint density at radius 3 is 1.37 bits per heavy atom. The molecule has 0 fully saturated rings. The molecule has 0 radical (unpaired) electrons. The third kappa shape index (κ3) is 35.2. The Bertz CT molecular complexity index is 1060. The van der Waals surface area contributed by atoms with Crippen molar-refractivity contribution in [1.29, 1.82) is 0 Å². The SMILES string of the molecule is CCC(=O)NCCNC(=O)COCCOCCNC(=O)COCCOCCNC(=O)CC[C@H](NC(=O)CCCCCCCCCCCCC(=O)O)C(=O)O. The van der Waals surface area contributed by atoms with Gasteiger partial charge in [-0.25, -0.2) is 4.79 Å².